The molecule has 0 saturated heterocycles. The Bertz CT molecular complexity index is 1440. The number of thioether (sulfide) groups is 1. The largest absolute Gasteiger partial charge is 0.369 e. The van der Waals surface area contributed by atoms with Gasteiger partial charge in [-0.25, -0.2) is 18.1 Å². The Labute approximate surface area is 215 Å². The molecular weight excluding hydrogens is 498 g/mol. The van der Waals surface area contributed by atoms with Crippen LogP contribution in [0.4, 0.5) is 0 Å². The van der Waals surface area contributed by atoms with Crippen LogP contribution in [-0.4, -0.2) is 20.6 Å². The van der Waals surface area contributed by atoms with Gasteiger partial charge in [-0.2, -0.15) is 0 Å². The lowest BCUT2D eigenvalue weighted by Gasteiger charge is -2.13. The van der Waals surface area contributed by atoms with Gasteiger partial charge in [0.15, 0.2) is 0 Å². The van der Waals surface area contributed by atoms with Crippen LogP contribution in [0.15, 0.2) is 112 Å². The number of benzene rings is 4. The summed E-state index contributed by atoms with van der Waals surface area (Å²) >= 11 is 7.78. The normalized spacial score (nSPS) is 11.9. The summed E-state index contributed by atoms with van der Waals surface area (Å²) in [6.45, 7) is 0.222. The van der Waals surface area contributed by atoms with E-state index >= 15 is 0 Å². The number of rotatable bonds is 7. The van der Waals surface area contributed by atoms with Crippen LogP contribution in [0.25, 0.3) is 22.3 Å². The van der Waals surface area contributed by atoms with Crippen LogP contribution >= 0.6 is 23.4 Å². The van der Waals surface area contributed by atoms with Crippen molar-refractivity contribution in [3.05, 3.63) is 108 Å². The molecule has 4 rings (SSSR count). The highest BCUT2D eigenvalue weighted by atomic mass is 35.5. The second-order valence-electron chi connectivity index (χ2n) is 7.74. The maximum atomic E-state index is 12.5. The van der Waals surface area contributed by atoms with Crippen LogP contribution in [0, 0.1) is 0 Å². The van der Waals surface area contributed by atoms with E-state index in [1.165, 1.54) is 17.0 Å². The fourth-order valence-electron chi connectivity index (χ4n) is 3.59. The van der Waals surface area contributed by atoms with Gasteiger partial charge in [-0.3, -0.25) is 0 Å². The molecule has 8 heteroatoms. The number of halogens is 1. The van der Waals surface area contributed by atoms with Gasteiger partial charge in [0.25, 0.3) is 10.0 Å². The lowest BCUT2D eigenvalue weighted by Crippen LogP contribution is -2.36. The van der Waals surface area contributed by atoms with Crippen LogP contribution in [0.1, 0.15) is 5.56 Å². The number of aliphatic imine (C=N–C) groups is 1. The molecule has 0 unspecified atom stereocenters. The minimum atomic E-state index is -3.79. The fourth-order valence-corrected chi connectivity index (χ4v) is 5.09. The van der Waals surface area contributed by atoms with Crippen LogP contribution in [0.3, 0.4) is 0 Å². The van der Waals surface area contributed by atoms with Crippen LogP contribution in [-0.2, 0) is 16.6 Å². The van der Waals surface area contributed by atoms with E-state index in [4.69, 9.17) is 17.3 Å². The average molecular weight is 522 g/mol. The average Bonchev–Trinajstić information content (AvgIpc) is 2.88. The minimum absolute atomic E-state index is 0.126. The molecule has 0 fully saturated rings. The molecule has 35 heavy (non-hydrogen) atoms. The van der Waals surface area contributed by atoms with Crippen molar-refractivity contribution in [3.63, 3.8) is 0 Å². The zero-order valence-corrected chi connectivity index (χ0v) is 21.4. The number of nitrogens with zero attached hydrogens (tertiary/aromatic N) is 1. The number of nitrogens with one attached hydrogen (secondary N) is 1. The summed E-state index contributed by atoms with van der Waals surface area (Å²) in [5.74, 6) is -0.165. The molecule has 0 atom stereocenters. The number of hydrogen-bond donors (Lipinski definition) is 2. The third kappa shape index (κ3) is 6.25. The van der Waals surface area contributed by atoms with E-state index in [9.17, 15) is 8.42 Å². The fraction of sp³-hybridized carbons (Fsp3) is 0.0741. The van der Waals surface area contributed by atoms with E-state index in [0.717, 1.165) is 27.8 Å². The Balaban J connectivity index is 1.63. The molecule has 0 bridgehead atoms. The van der Waals surface area contributed by atoms with Crippen molar-refractivity contribution in [2.45, 2.75) is 16.3 Å². The molecule has 0 heterocycles. The maximum Gasteiger partial charge on any atom is 0.264 e. The van der Waals surface area contributed by atoms with E-state index in [-0.39, 0.29) is 17.4 Å². The SMILES string of the molecule is CSc1ccc(-c2cc(CN=C(N)NS(=O)(=O)c3ccccc3)ccc2-c2ccc(Cl)cc2)cc1. The minimum Gasteiger partial charge on any atom is -0.369 e. The number of sulfonamides is 1. The third-order valence-electron chi connectivity index (χ3n) is 5.36. The summed E-state index contributed by atoms with van der Waals surface area (Å²) < 4.78 is 27.3. The van der Waals surface area contributed by atoms with E-state index in [2.05, 4.69) is 40.0 Å². The predicted octanol–water partition coefficient (Wildman–Crippen LogP) is 6.19. The van der Waals surface area contributed by atoms with Crippen molar-refractivity contribution >= 4 is 39.3 Å². The number of hydrogen-bond acceptors (Lipinski definition) is 4. The Morgan fingerprint density at radius 3 is 2.17 bits per heavy atom. The number of guanidine groups is 1. The molecule has 0 amide bonds. The number of nitrogens with two attached hydrogens (primary N) is 1. The summed E-state index contributed by atoms with van der Waals surface area (Å²) in [4.78, 5) is 5.57. The molecule has 0 saturated carbocycles. The van der Waals surface area contributed by atoms with Crippen molar-refractivity contribution in [1.29, 1.82) is 0 Å². The summed E-state index contributed by atoms with van der Waals surface area (Å²) in [6, 6.07) is 30.2. The zero-order valence-electron chi connectivity index (χ0n) is 19.0. The second-order valence-corrected chi connectivity index (χ2v) is 10.7. The Morgan fingerprint density at radius 2 is 1.51 bits per heavy atom. The quantitative estimate of drug-likeness (QED) is 0.172. The maximum absolute atomic E-state index is 12.5. The van der Waals surface area contributed by atoms with Crippen LogP contribution in [0.2, 0.25) is 5.02 Å². The highest BCUT2D eigenvalue weighted by Gasteiger charge is 2.14. The van der Waals surface area contributed by atoms with Gasteiger partial charge in [-0.15, -0.1) is 11.8 Å². The first kappa shape index (κ1) is 24.9. The van der Waals surface area contributed by atoms with E-state index in [1.807, 2.05) is 42.7 Å². The molecule has 3 N–H and O–H groups in total. The van der Waals surface area contributed by atoms with Gasteiger partial charge < -0.3 is 5.73 Å². The molecule has 4 aromatic rings. The standard InChI is InChI=1S/C27H24ClN3O2S2/c1-34-23-14-10-21(11-15-23)26-17-19(7-16-25(26)20-8-12-22(28)13-9-20)18-30-27(29)31-35(32,33)24-5-3-2-4-6-24/h2-17H,18H2,1H3,(H3,29,30,31). The highest BCUT2D eigenvalue weighted by Crippen LogP contribution is 2.34. The van der Waals surface area contributed by atoms with Crippen LogP contribution < -0.4 is 10.5 Å². The summed E-state index contributed by atoms with van der Waals surface area (Å²) in [7, 11) is -3.79. The Kier molecular flexibility index (Phi) is 7.80. The predicted molar refractivity (Wildman–Crippen MR) is 146 cm³/mol. The lowest BCUT2D eigenvalue weighted by atomic mass is 9.93. The van der Waals surface area contributed by atoms with Gasteiger partial charge in [0.05, 0.1) is 11.4 Å². The summed E-state index contributed by atoms with van der Waals surface area (Å²) in [5.41, 5.74) is 11.0. The van der Waals surface area contributed by atoms with Gasteiger partial charge in [0.1, 0.15) is 0 Å². The topological polar surface area (TPSA) is 84.5 Å². The zero-order chi connectivity index (χ0) is 24.8. The Hall–Kier alpha value is -3.26. The van der Waals surface area contributed by atoms with Crippen molar-refractivity contribution in [3.8, 4) is 22.3 Å². The lowest BCUT2D eigenvalue weighted by molar-refractivity contribution is 0.592. The van der Waals surface area contributed by atoms with Crippen molar-refractivity contribution in [2.75, 3.05) is 6.26 Å². The molecular formula is C27H24ClN3O2S2. The van der Waals surface area contributed by atoms with Gasteiger partial charge >= 0.3 is 0 Å². The molecule has 0 aliphatic carbocycles. The molecule has 178 valence electrons. The third-order valence-corrected chi connectivity index (χ3v) is 7.73. The van der Waals surface area contributed by atoms with Gasteiger partial charge in [0, 0.05) is 9.92 Å². The van der Waals surface area contributed by atoms with Gasteiger partial charge in [-0.05, 0) is 76.5 Å². The summed E-state index contributed by atoms with van der Waals surface area (Å²) in [5, 5.41) is 0.680. The van der Waals surface area contributed by atoms with E-state index < -0.39 is 10.0 Å². The molecule has 0 aliphatic rings. The molecule has 0 spiro atoms. The van der Waals surface area contributed by atoms with Crippen molar-refractivity contribution in [1.82, 2.24) is 4.72 Å². The molecule has 0 aliphatic heterocycles. The molecule has 0 radical (unpaired) electrons. The molecule has 4 aromatic carbocycles. The van der Waals surface area contributed by atoms with Crippen molar-refractivity contribution < 1.29 is 8.42 Å². The first-order valence-electron chi connectivity index (χ1n) is 10.8. The summed E-state index contributed by atoms with van der Waals surface area (Å²) in [6.07, 6.45) is 2.04. The second kappa shape index (κ2) is 11.0. The van der Waals surface area contributed by atoms with E-state index in [1.54, 1.807) is 30.0 Å². The highest BCUT2D eigenvalue weighted by molar-refractivity contribution is 7.98. The smallest absolute Gasteiger partial charge is 0.264 e. The van der Waals surface area contributed by atoms with Gasteiger partial charge in [-0.1, -0.05) is 66.2 Å². The van der Waals surface area contributed by atoms with Crippen molar-refractivity contribution in [2.24, 2.45) is 10.7 Å². The molecule has 0 aromatic heterocycles. The monoisotopic (exact) mass is 521 g/mol. The van der Waals surface area contributed by atoms with Gasteiger partial charge in [0.2, 0.25) is 5.96 Å². The molecule has 5 nitrogen and oxygen atoms in total. The Morgan fingerprint density at radius 1 is 0.886 bits per heavy atom. The first-order chi connectivity index (χ1) is 16.9. The first-order valence-corrected chi connectivity index (χ1v) is 13.9. The van der Waals surface area contributed by atoms with E-state index in [0.29, 0.717) is 5.02 Å². The van der Waals surface area contributed by atoms with Crippen LogP contribution in [0.5, 0.6) is 0 Å².